The second-order valence-electron chi connectivity index (χ2n) is 5.50. The first-order valence-electron chi connectivity index (χ1n) is 6.62. The van der Waals surface area contributed by atoms with Gasteiger partial charge in [-0.2, -0.15) is 0 Å². The van der Waals surface area contributed by atoms with Crippen LogP contribution in [0.25, 0.3) is 0 Å². The zero-order valence-electron chi connectivity index (χ0n) is 11.5. The zero-order valence-corrected chi connectivity index (χ0v) is 11.5. The number of aryl methyl sites for hydroxylation is 1. The van der Waals surface area contributed by atoms with E-state index in [1.807, 2.05) is 6.92 Å². The van der Waals surface area contributed by atoms with Gasteiger partial charge in [-0.1, -0.05) is 5.16 Å². The number of aromatic nitrogens is 1. The van der Waals surface area contributed by atoms with E-state index in [1.165, 1.54) is 0 Å². The molecule has 1 aliphatic rings. The minimum atomic E-state index is -0.603. The number of hydrogen-bond donors (Lipinski definition) is 2. The number of nitrogens with zero attached hydrogens (tertiary/aromatic N) is 2. The van der Waals surface area contributed by atoms with Gasteiger partial charge in [-0.05, 0) is 39.7 Å². The number of rotatable bonds is 3. The Bertz CT molecular complexity index is 442. The second kappa shape index (κ2) is 5.71. The molecule has 1 amide bonds. The van der Waals surface area contributed by atoms with Crippen LogP contribution in [0.3, 0.4) is 0 Å². The van der Waals surface area contributed by atoms with Crippen LogP contribution in [0, 0.1) is 6.92 Å². The van der Waals surface area contributed by atoms with Crippen LogP contribution < -0.4 is 5.32 Å². The summed E-state index contributed by atoms with van der Waals surface area (Å²) in [6.45, 7) is 5.52. The smallest absolute Gasteiger partial charge is 0.239 e. The van der Waals surface area contributed by atoms with Crippen LogP contribution in [-0.2, 0) is 4.79 Å². The highest BCUT2D eigenvalue weighted by Gasteiger charge is 2.25. The summed E-state index contributed by atoms with van der Waals surface area (Å²) in [5.41, 5.74) is -0.603. The van der Waals surface area contributed by atoms with Crippen LogP contribution in [0.15, 0.2) is 10.6 Å². The lowest BCUT2D eigenvalue weighted by atomic mass is 9.98. The lowest BCUT2D eigenvalue weighted by molar-refractivity contribution is -0.117. The molecule has 1 aromatic heterocycles. The van der Waals surface area contributed by atoms with Crippen LogP contribution in [0.5, 0.6) is 0 Å². The highest BCUT2D eigenvalue weighted by molar-refractivity contribution is 5.91. The molecule has 0 radical (unpaired) electrons. The number of nitrogens with one attached hydrogen (secondary N) is 1. The molecule has 19 heavy (non-hydrogen) atoms. The fourth-order valence-electron chi connectivity index (χ4n) is 2.29. The maximum absolute atomic E-state index is 11.9. The van der Waals surface area contributed by atoms with E-state index < -0.39 is 5.60 Å². The first-order valence-corrected chi connectivity index (χ1v) is 6.62. The van der Waals surface area contributed by atoms with E-state index in [0.29, 0.717) is 24.5 Å². The van der Waals surface area contributed by atoms with Crippen molar-refractivity contribution in [2.24, 2.45) is 0 Å². The summed E-state index contributed by atoms with van der Waals surface area (Å²) < 4.78 is 4.89. The molecular formula is C13H21N3O3. The summed E-state index contributed by atoms with van der Waals surface area (Å²) in [6.07, 6.45) is 2.39. The molecule has 106 valence electrons. The van der Waals surface area contributed by atoms with E-state index in [2.05, 4.69) is 15.4 Å². The van der Waals surface area contributed by atoms with Crippen LogP contribution in [-0.4, -0.2) is 46.3 Å². The van der Waals surface area contributed by atoms with Crippen LogP contribution in [0.1, 0.15) is 31.9 Å². The van der Waals surface area contributed by atoms with Crippen LogP contribution >= 0.6 is 0 Å². The lowest BCUT2D eigenvalue weighted by Crippen LogP contribution is -2.35. The van der Waals surface area contributed by atoms with Gasteiger partial charge < -0.3 is 14.9 Å². The minimum absolute atomic E-state index is 0.102. The highest BCUT2D eigenvalue weighted by Crippen LogP contribution is 2.21. The van der Waals surface area contributed by atoms with Crippen molar-refractivity contribution >= 4 is 11.7 Å². The third-order valence-corrected chi connectivity index (χ3v) is 3.42. The molecule has 0 aliphatic carbocycles. The molecule has 2 rings (SSSR count). The summed E-state index contributed by atoms with van der Waals surface area (Å²) in [7, 11) is 0. The Morgan fingerprint density at radius 2 is 2.37 bits per heavy atom. The lowest BCUT2D eigenvalue weighted by Gasteiger charge is -2.21. The molecule has 0 bridgehead atoms. The quantitative estimate of drug-likeness (QED) is 0.859. The predicted molar refractivity (Wildman–Crippen MR) is 70.8 cm³/mol. The predicted octanol–water partition coefficient (Wildman–Crippen LogP) is 1.16. The monoisotopic (exact) mass is 267 g/mol. The first kappa shape index (κ1) is 14.0. The van der Waals surface area contributed by atoms with Gasteiger partial charge in [0, 0.05) is 12.6 Å². The Morgan fingerprint density at radius 3 is 3.05 bits per heavy atom. The Hall–Kier alpha value is -1.40. The van der Waals surface area contributed by atoms with Crippen molar-refractivity contribution in [1.82, 2.24) is 10.1 Å². The first-order chi connectivity index (χ1) is 8.94. The summed E-state index contributed by atoms with van der Waals surface area (Å²) in [6, 6.07) is 1.69. The highest BCUT2D eigenvalue weighted by atomic mass is 16.5. The van der Waals surface area contributed by atoms with Crippen molar-refractivity contribution in [3.8, 4) is 0 Å². The molecule has 6 nitrogen and oxygen atoms in total. The molecule has 2 heterocycles. The molecule has 0 saturated carbocycles. The number of carbonyl (C=O) groups is 1. The molecule has 2 N–H and O–H groups in total. The molecule has 6 heteroatoms. The third-order valence-electron chi connectivity index (χ3n) is 3.42. The number of likely N-dealkylation sites (tertiary alicyclic amines) is 1. The Labute approximate surface area is 112 Å². The van der Waals surface area contributed by atoms with Crippen LogP contribution in [0.4, 0.5) is 5.82 Å². The summed E-state index contributed by atoms with van der Waals surface area (Å²) in [5, 5.41) is 16.4. The van der Waals surface area contributed by atoms with Crippen molar-refractivity contribution in [1.29, 1.82) is 0 Å². The molecule has 1 fully saturated rings. The Morgan fingerprint density at radius 1 is 1.58 bits per heavy atom. The molecule has 0 spiro atoms. The second-order valence-corrected chi connectivity index (χ2v) is 5.50. The normalized spacial score (nSPS) is 25.0. The molecular weight excluding hydrogens is 246 g/mol. The fourth-order valence-corrected chi connectivity index (χ4v) is 2.29. The van der Waals surface area contributed by atoms with Gasteiger partial charge in [-0.25, -0.2) is 0 Å². The summed E-state index contributed by atoms with van der Waals surface area (Å²) in [5.74, 6) is 1.01. The number of aliphatic hydroxyl groups is 1. The molecule has 1 aromatic rings. The summed E-state index contributed by atoms with van der Waals surface area (Å²) >= 11 is 0. The van der Waals surface area contributed by atoms with Gasteiger partial charge in [0.15, 0.2) is 5.82 Å². The topological polar surface area (TPSA) is 78.6 Å². The van der Waals surface area contributed by atoms with Crippen molar-refractivity contribution < 1.29 is 14.4 Å². The van der Waals surface area contributed by atoms with Gasteiger partial charge in [0.2, 0.25) is 5.91 Å². The van der Waals surface area contributed by atoms with Crippen molar-refractivity contribution in [3.05, 3.63) is 11.8 Å². The average molecular weight is 267 g/mol. The third kappa shape index (κ3) is 4.33. The van der Waals surface area contributed by atoms with Gasteiger partial charge in [-0.15, -0.1) is 0 Å². The Kier molecular flexibility index (Phi) is 4.21. The number of amides is 1. The number of hydrogen-bond acceptors (Lipinski definition) is 5. The van der Waals surface area contributed by atoms with E-state index in [4.69, 9.17) is 4.52 Å². The standard InChI is InChI=1S/C13H21N3O3/c1-10-8-11(15-19-10)14-12(17)9-16-6-3-4-13(2,18)5-7-16/h8,18H,3-7,9H2,1-2H3,(H,14,15,17). The molecule has 1 unspecified atom stereocenters. The van der Waals surface area contributed by atoms with Gasteiger partial charge >= 0.3 is 0 Å². The largest absolute Gasteiger partial charge is 0.390 e. The number of anilines is 1. The van der Waals surface area contributed by atoms with Crippen molar-refractivity contribution in [2.45, 2.75) is 38.7 Å². The van der Waals surface area contributed by atoms with E-state index in [0.717, 1.165) is 25.9 Å². The minimum Gasteiger partial charge on any atom is -0.390 e. The van der Waals surface area contributed by atoms with Gasteiger partial charge in [-0.3, -0.25) is 9.69 Å². The fraction of sp³-hybridized carbons (Fsp3) is 0.692. The maximum Gasteiger partial charge on any atom is 0.239 e. The van der Waals surface area contributed by atoms with E-state index in [-0.39, 0.29) is 5.91 Å². The van der Waals surface area contributed by atoms with E-state index in [9.17, 15) is 9.90 Å². The Balaban J connectivity index is 1.82. The molecule has 0 aromatic carbocycles. The van der Waals surface area contributed by atoms with Crippen molar-refractivity contribution in [3.63, 3.8) is 0 Å². The number of carbonyl (C=O) groups excluding carboxylic acids is 1. The van der Waals surface area contributed by atoms with Crippen molar-refractivity contribution in [2.75, 3.05) is 25.0 Å². The summed E-state index contributed by atoms with van der Waals surface area (Å²) in [4.78, 5) is 13.9. The van der Waals surface area contributed by atoms with Crippen LogP contribution in [0.2, 0.25) is 0 Å². The molecule has 1 atom stereocenters. The average Bonchev–Trinajstić information content (AvgIpc) is 2.63. The molecule has 1 saturated heterocycles. The van der Waals surface area contributed by atoms with E-state index in [1.54, 1.807) is 13.0 Å². The zero-order chi connectivity index (χ0) is 13.9. The van der Waals surface area contributed by atoms with E-state index >= 15 is 0 Å². The van der Waals surface area contributed by atoms with Gasteiger partial charge in [0.25, 0.3) is 0 Å². The van der Waals surface area contributed by atoms with Gasteiger partial charge in [0.1, 0.15) is 5.76 Å². The SMILES string of the molecule is Cc1cc(NC(=O)CN2CCCC(C)(O)CC2)no1. The van der Waals surface area contributed by atoms with Gasteiger partial charge in [0.05, 0.1) is 12.1 Å². The molecule has 1 aliphatic heterocycles. The maximum atomic E-state index is 11.9.